The van der Waals surface area contributed by atoms with Crippen molar-refractivity contribution in [3.63, 3.8) is 0 Å². The average Bonchev–Trinajstić information content (AvgIpc) is 2.24. The van der Waals surface area contributed by atoms with E-state index in [1.807, 2.05) is 6.07 Å². The lowest BCUT2D eigenvalue weighted by Gasteiger charge is -2.33. The van der Waals surface area contributed by atoms with Gasteiger partial charge in [0.2, 0.25) is 0 Å². The topological polar surface area (TPSA) is 62.9 Å². The summed E-state index contributed by atoms with van der Waals surface area (Å²) in [5, 5.41) is 20.1. The summed E-state index contributed by atoms with van der Waals surface area (Å²) in [7, 11) is 0. The fraction of sp³-hybridized carbons (Fsp3) is 0.778. The zero-order chi connectivity index (χ0) is 12.2. The highest BCUT2D eigenvalue weighted by Gasteiger charge is 2.42. The van der Waals surface area contributed by atoms with Crippen LogP contribution < -0.4 is 5.32 Å². The molecule has 1 aliphatic rings. The second-order valence-electron chi connectivity index (χ2n) is 3.57. The standard InChI is InChI=1S/C9H11F3N4/c10-9(11,12)7(3-13)6-16-2-1-15-5-8(16)4-14/h7-8,15H,1-2,5-6H2. The number of alkyl halides is 3. The minimum atomic E-state index is -4.53. The number of hydrogen-bond acceptors (Lipinski definition) is 4. The summed E-state index contributed by atoms with van der Waals surface area (Å²) in [6, 6.07) is 2.57. The molecule has 1 N–H and O–H groups in total. The summed E-state index contributed by atoms with van der Waals surface area (Å²) in [6.07, 6.45) is -4.53. The van der Waals surface area contributed by atoms with Crippen LogP contribution in [0.5, 0.6) is 0 Å². The Morgan fingerprint density at radius 1 is 1.44 bits per heavy atom. The third-order valence-corrected chi connectivity index (χ3v) is 2.47. The molecule has 88 valence electrons. The minimum Gasteiger partial charge on any atom is -0.313 e. The van der Waals surface area contributed by atoms with Crippen LogP contribution in [0.2, 0.25) is 0 Å². The summed E-state index contributed by atoms with van der Waals surface area (Å²) in [5.41, 5.74) is 0. The number of rotatable bonds is 2. The van der Waals surface area contributed by atoms with Gasteiger partial charge in [0, 0.05) is 26.2 Å². The first kappa shape index (κ1) is 12.8. The Hall–Kier alpha value is -1.31. The Morgan fingerprint density at radius 3 is 2.62 bits per heavy atom. The molecule has 0 bridgehead atoms. The van der Waals surface area contributed by atoms with E-state index in [-0.39, 0.29) is 0 Å². The van der Waals surface area contributed by atoms with Crippen molar-refractivity contribution in [3.8, 4) is 12.1 Å². The van der Waals surface area contributed by atoms with E-state index in [2.05, 4.69) is 5.32 Å². The van der Waals surface area contributed by atoms with Crippen molar-refractivity contribution < 1.29 is 13.2 Å². The lowest BCUT2D eigenvalue weighted by molar-refractivity contribution is -0.164. The smallest absolute Gasteiger partial charge is 0.313 e. The molecule has 0 aromatic carbocycles. The lowest BCUT2D eigenvalue weighted by Crippen LogP contribution is -2.53. The maximum atomic E-state index is 12.4. The highest BCUT2D eigenvalue weighted by Crippen LogP contribution is 2.27. The van der Waals surface area contributed by atoms with Crippen LogP contribution in [-0.2, 0) is 0 Å². The Bertz CT molecular complexity index is 314. The molecule has 0 saturated carbocycles. The van der Waals surface area contributed by atoms with Gasteiger partial charge < -0.3 is 5.32 Å². The predicted molar refractivity (Wildman–Crippen MR) is 49.0 cm³/mol. The number of nitrogens with one attached hydrogen (secondary N) is 1. The number of halogens is 3. The number of nitriles is 2. The maximum absolute atomic E-state index is 12.4. The van der Waals surface area contributed by atoms with Gasteiger partial charge in [-0.1, -0.05) is 0 Å². The number of hydrogen-bond donors (Lipinski definition) is 1. The quantitative estimate of drug-likeness (QED) is 0.752. The molecule has 16 heavy (non-hydrogen) atoms. The van der Waals surface area contributed by atoms with Gasteiger partial charge in [0.05, 0.1) is 12.1 Å². The molecule has 0 aromatic heterocycles. The second kappa shape index (κ2) is 5.15. The summed E-state index contributed by atoms with van der Waals surface area (Å²) in [4.78, 5) is 1.40. The van der Waals surface area contributed by atoms with Crippen molar-refractivity contribution in [3.05, 3.63) is 0 Å². The van der Waals surface area contributed by atoms with Gasteiger partial charge in [0.25, 0.3) is 0 Å². The van der Waals surface area contributed by atoms with Crippen LogP contribution in [0.25, 0.3) is 0 Å². The lowest BCUT2D eigenvalue weighted by atomic mass is 10.1. The molecule has 1 fully saturated rings. The van der Waals surface area contributed by atoms with E-state index in [4.69, 9.17) is 10.5 Å². The maximum Gasteiger partial charge on any atom is 0.405 e. The molecule has 1 saturated heterocycles. The van der Waals surface area contributed by atoms with Gasteiger partial charge in [-0.25, -0.2) is 0 Å². The minimum absolute atomic E-state index is 0.340. The normalized spacial score (nSPS) is 24.4. The van der Waals surface area contributed by atoms with Crippen LogP contribution in [-0.4, -0.2) is 43.3 Å². The fourth-order valence-electron chi connectivity index (χ4n) is 1.54. The van der Waals surface area contributed by atoms with Gasteiger partial charge in [-0.15, -0.1) is 0 Å². The molecule has 0 aliphatic carbocycles. The van der Waals surface area contributed by atoms with E-state index in [1.54, 1.807) is 0 Å². The summed E-state index contributed by atoms with van der Waals surface area (Å²) in [6.45, 7) is 0.799. The van der Waals surface area contributed by atoms with Gasteiger partial charge in [0.15, 0.2) is 5.92 Å². The molecule has 0 spiro atoms. The van der Waals surface area contributed by atoms with E-state index < -0.39 is 24.7 Å². The second-order valence-corrected chi connectivity index (χ2v) is 3.57. The van der Waals surface area contributed by atoms with Crippen LogP contribution in [0.4, 0.5) is 13.2 Å². The monoisotopic (exact) mass is 232 g/mol. The molecule has 1 heterocycles. The zero-order valence-electron chi connectivity index (χ0n) is 8.46. The van der Waals surface area contributed by atoms with E-state index >= 15 is 0 Å². The van der Waals surface area contributed by atoms with Crippen molar-refractivity contribution in [1.29, 1.82) is 10.5 Å². The molecule has 7 heteroatoms. The molecule has 4 nitrogen and oxygen atoms in total. The average molecular weight is 232 g/mol. The number of piperazine rings is 1. The number of nitrogens with zero attached hydrogens (tertiary/aromatic N) is 3. The van der Waals surface area contributed by atoms with Crippen LogP contribution in [0.15, 0.2) is 0 Å². The van der Waals surface area contributed by atoms with Gasteiger partial charge in [-0.05, 0) is 0 Å². The van der Waals surface area contributed by atoms with Gasteiger partial charge in [0.1, 0.15) is 6.04 Å². The summed E-state index contributed by atoms with van der Waals surface area (Å²) < 4.78 is 37.1. The molecular weight excluding hydrogens is 221 g/mol. The van der Waals surface area contributed by atoms with Gasteiger partial charge >= 0.3 is 6.18 Å². The van der Waals surface area contributed by atoms with Gasteiger partial charge in [-0.2, -0.15) is 23.7 Å². The largest absolute Gasteiger partial charge is 0.405 e. The van der Waals surface area contributed by atoms with Crippen molar-refractivity contribution in [2.75, 3.05) is 26.2 Å². The zero-order valence-corrected chi connectivity index (χ0v) is 8.46. The Morgan fingerprint density at radius 2 is 2.12 bits per heavy atom. The first-order valence-electron chi connectivity index (χ1n) is 4.79. The van der Waals surface area contributed by atoms with E-state index in [9.17, 15) is 13.2 Å². The Kier molecular flexibility index (Phi) is 4.11. The molecule has 2 atom stereocenters. The molecule has 0 amide bonds. The van der Waals surface area contributed by atoms with Crippen molar-refractivity contribution >= 4 is 0 Å². The molecular formula is C9H11F3N4. The molecule has 2 unspecified atom stereocenters. The van der Waals surface area contributed by atoms with Crippen molar-refractivity contribution in [2.24, 2.45) is 5.92 Å². The fourth-order valence-corrected chi connectivity index (χ4v) is 1.54. The van der Waals surface area contributed by atoms with Crippen LogP contribution in [0.3, 0.4) is 0 Å². The molecule has 1 aliphatic heterocycles. The van der Waals surface area contributed by atoms with E-state index in [0.29, 0.717) is 19.6 Å². The first-order valence-corrected chi connectivity index (χ1v) is 4.79. The summed E-state index contributed by atoms with van der Waals surface area (Å²) in [5.74, 6) is -2.03. The van der Waals surface area contributed by atoms with E-state index in [0.717, 1.165) is 0 Å². The van der Waals surface area contributed by atoms with Gasteiger partial charge in [-0.3, -0.25) is 4.90 Å². The van der Waals surface area contributed by atoms with Crippen molar-refractivity contribution in [2.45, 2.75) is 12.2 Å². The SMILES string of the molecule is N#CC1CNCCN1CC(C#N)C(F)(F)F. The van der Waals surface area contributed by atoms with E-state index in [1.165, 1.54) is 11.0 Å². The third kappa shape index (κ3) is 3.09. The first-order chi connectivity index (χ1) is 7.49. The molecule has 1 rings (SSSR count). The Balaban J connectivity index is 2.64. The molecule has 0 radical (unpaired) electrons. The van der Waals surface area contributed by atoms with Crippen LogP contribution in [0, 0.1) is 28.6 Å². The van der Waals surface area contributed by atoms with Crippen LogP contribution in [0.1, 0.15) is 0 Å². The predicted octanol–water partition coefficient (Wildman–Crippen LogP) is 0.486. The molecule has 0 aromatic rings. The highest BCUT2D eigenvalue weighted by atomic mass is 19.4. The third-order valence-electron chi connectivity index (χ3n) is 2.47. The van der Waals surface area contributed by atoms with Crippen molar-refractivity contribution in [1.82, 2.24) is 10.2 Å². The highest BCUT2D eigenvalue weighted by molar-refractivity contribution is 4.99. The van der Waals surface area contributed by atoms with Crippen LogP contribution >= 0.6 is 0 Å². The summed E-state index contributed by atoms with van der Waals surface area (Å²) >= 11 is 0. The Labute approximate surface area is 91.2 Å².